The number of rotatable bonds is 3. The summed E-state index contributed by atoms with van der Waals surface area (Å²) in [6, 6.07) is 6.03. The largest absolute Gasteiger partial charge is 0.478 e. The molecule has 4 rings (SSSR count). The molecular weight excluding hydrogens is 218 g/mol. The molecule has 3 fully saturated rings. The van der Waals surface area contributed by atoms with Crippen molar-refractivity contribution in [3.63, 3.8) is 0 Å². The summed E-state index contributed by atoms with van der Waals surface area (Å²) in [6.07, 6.45) is 3.31. The van der Waals surface area contributed by atoms with Gasteiger partial charge in [-0.05, 0) is 49.4 Å². The van der Waals surface area contributed by atoms with Crippen LogP contribution >= 0.6 is 0 Å². The van der Waals surface area contributed by atoms with Crippen molar-refractivity contribution in [3.8, 4) is 0 Å². The number of carboxylic acids is 1. The van der Waals surface area contributed by atoms with Crippen molar-refractivity contribution < 1.29 is 14.7 Å². The van der Waals surface area contributed by atoms with Crippen LogP contribution in [0, 0.1) is 5.92 Å². The van der Waals surface area contributed by atoms with Gasteiger partial charge in [-0.25, -0.2) is 4.79 Å². The van der Waals surface area contributed by atoms with Crippen LogP contribution in [0.1, 0.15) is 40.0 Å². The first-order chi connectivity index (χ1) is 8.08. The molecule has 3 aliphatic carbocycles. The first kappa shape index (κ1) is 10.3. The van der Waals surface area contributed by atoms with Crippen molar-refractivity contribution in [1.82, 2.24) is 5.32 Å². The Kier molecular flexibility index (Phi) is 2.02. The molecule has 1 aromatic carbocycles. The third-order valence-electron chi connectivity index (χ3n) is 3.81. The predicted octanol–water partition coefficient (Wildman–Crippen LogP) is 1.67. The molecule has 0 heterocycles. The maximum atomic E-state index is 11.9. The van der Waals surface area contributed by atoms with Crippen LogP contribution in [0.2, 0.25) is 0 Å². The van der Waals surface area contributed by atoms with Gasteiger partial charge in [-0.2, -0.15) is 0 Å². The van der Waals surface area contributed by atoms with Crippen molar-refractivity contribution in [2.24, 2.45) is 5.92 Å². The van der Waals surface area contributed by atoms with Crippen LogP contribution in [0.3, 0.4) is 0 Å². The molecule has 0 aromatic heterocycles. The Morgan fingerprint density at radius 1 is 1.12 bits per heavy atom. The summed E-state index contributed by atoms with van der Waals surface area (Å²) in [5, 5.41) is 11.8. The van der Waals surface area contributed by atoms with E-state index < -0.39 is 5.97 Å². The highest BCUT2D eigenvalue weighted by Crippen LogP contribution is 2.56. The van der Waals surface area contributed by atoms with E-state index in [1.807, 2.05) is 0 Å². The van der Waals surface area contributed by atoms with Crippen molar-refractivity contribution in [1.29, 1.82) is 0 Å². The lowest BCUT2D eigenvalue weighted by atomic mass is 9.50. The van der Waals surface area contributed by atoms with E-state index in [1.165, 1.54) is 12.1 Å². The highest BCUT2D eigenvalue weighted by atomic mass is 16.4. The predicted molar refractivity (Wildman–Crippen MR) is 60.9 cm³/mol. The standard InChI is InChI=1S/C13H13NO3/c15-11(14-13-5-8(6-13)7-13)9-1-3-10(4-2-9)12(16)17/h1-4,8H,5-7H2,(H,14,15)(H,16,17). The van der Waals surface area contributed by atoms with E-state index in [9.17, 15) is 9.59 Å². The zero-order valence-electron chi connectivity index (χ0n) is 9.27. The minimum atomic E-state index is -0.976. The monoisotopic (exact) mass is 231 g/mol. The van der Waals surface area contributed by atoms with E-state index in [-0.39, 0.29) is 17.0 Å². The smallest absolute Gasteiger partial charge is 0.335 e. The molecule has 3 saturated carbocycles. The molecule has 1 aromatic rings. The van der Waals surface area contributed by atoms with Gasteiger partial charge in [0.1, 0.15) is 0 Å². The highest BCUT2D eigenvalue weighted by molar-refractivity contribution is 5.96. The topological polar surface area (TPSA) is 66.4 Å². The normalized spacial score (nSPS) is 28.8. The molecule has 4 heteroatoms. The fraction of sp³-hybridized carbons (Fsp3) is 0.385. The van der Waals surface area contributed by atoms with E-state index in [0.29, 0.717) is 5.56 Å². The lowest BCUT2D eigenvalue weighted by Gasteiger charge is -2.61. The van der Waals surface area contributed by atoms with E-state index >= 15 is 0 Å². The molecule has 1 amide bonds. The van der Waals surface area contributed by atoms with Gasteiger partial charge in [0.05, 0.1) is 5.56 Å². The van der Waals surface area contributed by atoms with E-state index in [0.717, 1.165) is 25.2 Å². The molecule has 0 saturated heterocycles. The zero-order valence-corrected chi connectivity index (χ0v) is 9.27. The van der Waals surface area contributed by atoms with Gasteiger partial charge < -0.3 is 10.4 Å². The highest BCUT2D eigenvalue weighted by Gasteiger charge is 2.57. The van der Waals surface area contributed by atoms with Gasteiger partial charge in [0.2, 0.25) is 0 Å². The number of carboxylic acid groups (broad SMARTS) is 1. The summed E-state index contributed by atoms with van der Waals surface area (Å²) < 4.78 is 0. The average molecular weight is 231 g/mol. The first-order valence-electron chi connectivity index (χ1n) is 5.74. The Balaban J connectivity index is 1.70. The van der Waals surface area contributed by atoms with Crippen LogP contribution in [-0.4, -0.2) is 22.5 Å². The molecule has 3 aliphatic rings. The number of benzene rings is 1. The molecule has 0 radical (unpaired) electrons. The van der Waals surface area contributed by atoms with Gasteiger partial charge in [0.25, 0.3) is 5.91 Å². The molecule has 17 heavy (non-hydrogen) atoms. The third-order valence-corrected chi connectivity index (χ3v) is 3.81. The van der Waals surface area contributed by atoms with Gasteiger partial charge in [0, 0.05) is 11.1 Å². The Hall–Kier alpha value is -1.84. The molecule has 0 atom stereocenters. The molecular formula is C13H13NO3. The van der Waals surface area contributed by atoms with Crippen LogP contribution in [0.25, 0.3) is 0 Å². The molecule has 4 nitrogen and oxygen atoms in total. The molecule has 0 aliphatic heterocycles. The maximum absolute atomic E-state index is 11.9. The van der Waals surface area contributed by atoms with Gasteiger partial charge >= 0.3 is 5.97 Å². The third kappa shape index (κ3) is 1.60. The summed E-state index contributed by atoms with van der Waals surface area (Å²) in [4.78, 5) is 22.6. The Morgan fingerprint density at radius 2 is 1.65 bits per heavy atom. The van der Waals surface area contributed by atoms with Crippen molar-refractivity contribution >= 4 is 11.9 Å². The van der Waals surface area contributed by atoms with Gasteiger partial charge in [-0.3, -0.25) is 4.79 Å². The van der Waals surface area contributed by atoms with Crippen molar-refractivity contribution in [2.75, 3.05) is 0 Å². The molecule has 0 spiro atoms. The minimum Gasteiger partial charge on any atom is -0.478 e. The quantitative estimate of drug-likeness (QED) is 0.831. The number of carbonyl (C=O) groups is 2. The number of amides is 1. The number of hydrogen-bond acceptors (Lipinski definition) is 2. The summed E-state index contributed by atoms with van der Waals surface area (Å²) in [7, 11) is 0. The molecule has 2 bridgehead atoms. The second-order valence-electron chi connectivity index (χ2n) is 5.10. The Bertz CT molecular complexity index is 475. The van der Waals surface area contributed by atoms with Crippen LogP contribution in [0.5, 0.6) is 0 Å². The number of aromatic carboxylic acids is 1. The van der Waals surface area contributed by atoms with Gasteiger partial charge in [-0.15, -0.1) is 0 Å². The summed E-state index contributed by atoms with van der Waals surface area (Å²) >= 11 is 0. The van der Waals surface area contributed by atoms with Crippen LogP contribution in [0.15, 0.2) is 24.3 Å². The van der Waals surface area contributed by atoms with Crippen LogP contribution < -0.4 is 5.32 Å². The number of nitrogens with one attached hydrogen (secondary N) is 1. The second-order valence-corrected chi connectivity index (χ2v) is 5.10. The molecule has 0 unspecified atom stereocenters. The summed E-state index contributed by atoms with van der Waals surface area (Å²) in [6.45, 7) is 0. The number of carbonyl (C=O) groups excluding carboxylic acids is 1. The Morgan fingerprint density at radius 3 is 2.06 bits per heavy atom. The fourth-order valence-corrected chi connectivity index (χ4v) is 2.71. The van der Waals surface area contributed by atoms with Gasteiger partial charge in [-0.1, -0.05) is 0 Å². The lowest BCUT2D eigenvalue weighted by molar-refractivity contribution is -0.0438. The number of hydrogen-bond donors (Lipinski definition) is 2. The SMILES string of the molecule is O=C(O)c1ccc(C(=O)NC23CC(C2)C3)cc1. The van der Waals surface area contributed by atoms with E-state index in [4.69, 9.17) is 5.11 Å². The fourth-order valence-electron chi connectivity index (χ4n) is 2.71. The van der Waals surface area contributed by atoms with E-state index in [1.54, 1.807) is 12.1 Å². The Labute approximate surface area is 98.6 Å². The van der Waals surface area contributed by atoms with Crippen LogP contribution in [0.4, 0.5) is 0 Å². The van der Waals surface area contributed by atoms with Crippen LogP contribution in [-0.2, 0) is 0 Å². The van der Waals surface area contributed by atoms with Crippen molar-refractivity contribution in [3.05, 3.63) is 35.4 Å². The van der Waals surface area contributed by atoms with Gasteiger partial charge in [0.15, 0.2) is 0 Å². The second kappa shape index (κ2) is 3.32. The first-order valence-corrected chi connectivity index (χ1v) is 5.74. The zero-order chi connectivity index (χ0) is 12.0. The molecule has 2 N–H and O–H groups in total. The summed E-state index contributed by atoms with van der Waals surface area (Å²) in [5.41, 5.74) is 0.791. The average Bonchev–Trinajstić information content (AvgIpc) is 2.21. The maximum Gasteiger partial charge on any atom is 0.335 e. The minimum absolute atomic E-state index is 0.0627. The summed E-state index contributed by atoms with van der Waals surface area (Å²) in [5.74, 6) is -0.249. The van der Waals surface area contributed by atoms with E-state index in [2.05, 4.69) is 5.32 Å². The van der Waals surface area contributed by atoms with Crippen molar-refractivity contribution in [2.45, 2.75) is 24.8 Å². The molecule has 88 valence electrons. The lowest BCUT2D eigenvalue weighted by Crippen LogP contribution is -2.68.